The van der Waals surface area contributed by atoms with E-state index >= 15 is 0 Å². The molecule has 0 aliphatic rings. The van der Waals surface area contributed by atoms with Crippen molar-refractivity contribution in [3.63, 3.8) is 0 Å². The van der Waals surface area contributed by atoms with Crippen LogP contribution in [0.4, 0.5) is 0 Å². The van der Waals surface area contributed by atoms with E-state index in [0.29, 0.717) is 0 Å². The third-order valence-electron chi connectivity index (χ3n) is 0. The van der Waals surface area contributed by atoms with Gasteiger partial charge in [-0.15, -0.1) is 0 Å². The van der Waals surface area contributed by atoms with Crippen molar-refractivity contribution < 1.29 is 59.4 Å². The van der Waals surface area contributed by atoms with Crippen LogP contribution in [0.15, 0.2) is 0 Å². The summed E-state index contributed by atoms with van der Waals surface area (Å²) >= 11 is 0. The molecule has 4 heteroatoms. The molecule has 0 atom stereocenters. The maximum atomic E-state index is 0. The molecule has 0 unspecified atom stereocenters. The van der Waals surface area contributed by atoms with Crippen LogP contribution in [0, 0.1) is 0 Å². The Kier molecular flexibility index (Phi) is 297. The second kappa shape index (κ2) is 24.3. The van der Waals surface area contributed by atoms with Crippen LogP contribution in [0.2, 0.25) is 0 Å². The summed E-state index contributed by atoms with van der Waals surface area (Å²) in [4.78, 5) is 0. The van der Waals surface area contributed by atoms with E-state index in [1.165, 1.54) is 0 Å². The van der Waals surface area contributed by atoms with Crippen molar-refractivity contribution in [1.29, 1.82) is 0 Å². The van der Waals surface area contributed by atoms with Crippen LogP contribution in [-0.2, 0) is 5.48 Å². The van der Waals surface area contributed by atoms with Gasteiger partial charge in [-0.25, -0.2) is 0 Å². The van der Waals surface area contributed by atoms with Gasteiger partial charge < -0.3 is 11.0 Å². The molecule has 0 aromatic heterocycles. The summed E-state index contributed by atoms with van der Waals surface area (Å²) in [5.41, 5.74) is 0. The van der Waals surface area contributed by atoms with Crippen LogP contribution in [0.1, 0.15) is 0 Å². The van der Waals surface area contributed by atoms with Crippen molar-refractivity contribution in [2.24, 2.45) is 0 Å². The summed E-state index contributed by atoms with van der Waals surface area (Å²) in [6.07, 6.45) is 0. The Bertz CT molecular complexity index is 6.00. The second-order valence-electron chi connectivity index (χ2n) is 0. The zero-order chi connectivity index (χ0) is 0. The van der Waals surface area contributed by atoms with Gasteiger partial charge in [-0.1, -0.05) is 0 Å². The molecule has 0 amide bonds. The predicted octanol–water partition coefficient (Wildman–Crippen LogP) is -6.94. The quantitative estimate of drug-likeness (QED) is 0.251. The van der Waals surface area contributed by atoms with Crippen LogP contribution < -0.4 is 48.4 Å². The molecular weight excluding hydrogens is 61.9 g/mol. The van der Waals surface area contributed by atoms with E-state index in [4.69, 9.17) is 0 Å². The van der Waals surface area contributed by atoms with Gasteiger partial charge in [0, 0.05) is 0 Å². The molecule has 0 spiro atoms. The Labute approximate surface area is 59.0 Å². The maximum absolute atomic E-state index is 0. The molecule has 0 rings (SSSR count). The summed E-state index contributed by atoms with van der Waals surface area (Å²) in [5, 5.41) is 0. The van der Waals surface area contributed by atoms with Crippen LogP contribution in [0.3, 0.4) is 0 Å². The molecule has 0 saturated carbocycles. The van der Waals surface area contributed by atoms with Crippen LogP contribution in [0.25, 0.3) is 0 Å². The average Bonchev–Trinajstić information content (AvgIpc) is 0. The number of hydrogen-bond donors (Lipinski definition) is 0. The van der Waals surface area contributed by atoms with E-state index in [0.717, 1.165) is 0 Å². The van der Waals surface area contributed by atoms with Gasteiger partial charge in [0.15, 0.2) is 0 Å². The summed E-state index contributed by atoms with van der Waals surface area (Å²) in [5.74, 6) is 0. The Morgan fingerprint density at radius 3 is 1.00 bits per heavy atom. The van der Waals surface area contributed by atoms with Crippen molar-refractivity contribution in [3.05, 3.63) is 0 Å². The van der Waals surface area contributed by atoms with Crippen molar-refractivity contribution >= 4 is 0 Å². The zero-order valence-electron chi connectivity index (χ0n) is 2.91. The van der Waals surface area contributed by atoms with Gasteiger partial charge in [0.1, 0.15) is 0 Å². The first-order chi connectivity index (χ1) is 0. The number of hydrogen-bond acceptors (Lipinski definition) is 0. The molecule has 0 aromatic rings. The Hall–Kier alpha value is 1.52. The van der Waals surface area contributed by atoms with E-state index < -0.39 is 0 Å². The topological polar surface area (TPSA) is 60.0 Å². The van der Waals surface area contributed by atoms with Crippen LogP contribution >= 0.6 is 0 Å². The van der Waals surface area contributed by atoms with Gasteiger partial charge in [0.25, 0.3) is 0 Å². The van der Waals surface area contributed by atoms with Gasteiger partial charge >= 0.3 is 48.4 Å². The van der Waals surface area contributed by atoms with Gasteiger partial charge in [-0.2, -0.15) is 0 Å². The minimum absolute atomic E-state index is 0. The van der Waals surface area contributed by atoms with Crippen molar-refractivity contribution in [2.45, 2.75) is 0 Å². The Balaban J connectivity index is 0. The fraction of sp³-hybridized carbons (Fsp3) is 0. The van der Waals surface area contributed by atoms with E-state index in [9.17, 15) is 0 Å². The first-order valence-electron chi connectivity index (χ1n) is 0. The van der Waals surface area contributed by atoms with E-state index in [2.05, 4.69) is 0 Å². The van der Waals surface area contributed by atoms with Crippen LogP contribution in [-0.4, -0.2) is 5.48 Å². The van der Waals surface area contributed by atoms with E-state index in [1.54, 1.807) is 0 Å². The fourth-order valence-electron chi connectivity index (χ4n) is 0. The molecule has 0 saturated heterocycles. The van der Waals surface area contributed by atoms with Crippen molar-refractivity contribution in [3.8, 4) is 0 Å². The number of rotatable bonds is 0. The van der Waals surface area contributed by atoms with E-state index in [1.807, 2.05) is 0 Å². The molecule has 0 heterocycles. The fourth-order valence-corrected chi connectivity index (χ4v) is 0. The van der Waals surface area contributed by atoms with Crippen molar-refractivity contribution in [1.82, 2.24) is 0 Å². The molecule has 0 aliphatic heterocycles. The second-order valence-corrected chi connectivity index (χ2v) is 0. The first kappa shape index (κ1) is 48.9. The normalized spacial score (nSPS) is 0. The molecule has 0 bridgehead atoms. The molecule has 0 aliphatic carbocycles. The molecule has 0 aromatic carbocycles. The third kappa shape index (κ3) is 9.68. The minimum Gasteiger partial charge on any atom is -2.00 e. The van der Waals surface area contributed by atoms with Gasteiger partial charge in [-0.05, 0) is 0 Å². The van der Waals surface area contributed by atoms with Gasteiger partial charge in [0.2, 0.25) is 0 Å². The van der Waals surface area contributed by atoms with Gasteiger partial charge in [0.05, 0.1) is 0 Å². The van der Waals surface area contributed by atoms with Gasteiger partial charge in [-0.3, -0.25) is 0 Å². The Morgan fingerprint density at radius 1 is 1.00 bits per heavy atom. The maximum Gasteiger partial charge on any atom is 1.00 e. The molecule has 0 fully saturated rings. The third-order valence-corrected chi connectivity index (χ3v) is 0. The smallest absolute Gasteiger partial charge is 1.00 e. The molecule has 16 valence electrons. The molecule has 2 N–H and O–H groups in total. The zero-order valence-corrected chi connectivity index (χ0v) is 4.91. The molecule has 2 nitrogen and oxygen atoms in total. The standard InChI is InChI=1S/Li.Na.H2O.O/h;;1H2;/q2*+1;;-2. The van der Waals surface area contributed by atoms with Crippen LogP contribution in [0.5, 0.6) is 0 Å². The largest absolute Gasteiger partial charge is 2.00 e. The first-order valence-corrected chi connectivity index (χ1v) is 0. The average molecular weight is 63.9 g/mol. The SMILES string of the molecule is O.[Li+].[Na+].[O-2]. The van der Waals surface area contributed by atoms with Crippen molar-refractivity contribution in [2.75, 3.05) is 0 Å². The Morgan fingerprint density at radius 2 is 1.00 bits per heavy atom. The van der Waals surface area contributed by atoms with E-state index in [-0.39, 0.29) is 59.4 Å². The monoisotopic (exact) mass is 64.0 g/mol. The molecule has 0 radical (unpaired) electrons. The minimum atomic E-state index is 0. The predicted molar refractivity (Wildman–Crippen MR) is 4.30 cm³/mol. The molecular formula is H2LiNaO2. The summed E-state index contributed by atoms with van der Waals surface area (Å²) in [6.45, 7) is 0. The summed E-state index contributed by atoms with van der Waals surface area (Å²) < 4.78 is 0. The summed E-state index contributed by atoms with van der Waals surface area (Å²) in [7, 11) is 0. The molecule has 4 heavy (non-hydrogen) atoms. The summed E-state index contributed by atoms with van der Waals surface area (Å²) in [6, 6.07) is 0.